The number of hydrogen-bond donors (Lipinski definition) is 1. The van der Waals surface area contributed by atoms with Gasteiger partial charge in [-0.1, -0.05) is 0 Å². The van der Waals surface area contributed by atoms with E-state index in [1.165, 1.54) is 0 Å². The summed E-state index contributed by atoms with van der Waals surface area (Å²) >= 11 is 2.90. The summed E-state index contributed by atoms with van der Waals surface area (Å²) in [5.41, 5.74) is -1.11. The number of isocyanates is 1. The second kappa shape index (κ2) is 4.65. The fourth-order valence-electron chi connectivity index (χ4n) is 1.00. The van der Waals surface area contributed by atoms with Crippen LogP contribution >= 0.6 is 15.9 Å². The molecule has 0 radical (unpaired) electrons. The van der Waals surface area contributed by atoms with Crippen molar-refractivity contribution < 1.29 is 19.6 Å². The number of nitro benzene ring substituents is 1. The van der Waals surface area contributed by atoms with Crippen LogP contribution in [0.2, 0.25) is 0 Å². The molecule has 0 aliphatic carbocycles. The molecule has 0 unspecified atom stereocenters. The topological polar surface area (TPSA) is 110 Å². The van der Waals surface area contributed by atoms with Gasteiger partial charge in [0.2, 0.25) is 6.08 Å². The fraction of sp³-hybridized carbons (Fsp3) is 0. The van der Waals surface area contributed by atoms with Gasteiger partial charge < -0.3 is 5.11 Å². The van der Waals surface area contributed by atoms with Gasteiger partial charge in [-0.2, -0.15) is 4.99 Å². The number of nitro groups is 1. The van der Waals surface area contributed by atoms with Gasteiger partial charge in [0.05, 0.1) is 15.0 Å². The number of nitrogens with zero attached hydrogens (tertiary/aromatic N) is 2. The fourth-order valence-corrected chi connectivity index (χ4v) is 1.54. The van der Waals surface area contributed by atoms with Crippen molar-refractivity contribution in [3.8, 4) is 0 Å². The lowest BCUT2D eigenvalue weighted by Gasteiger charge is -2.00. The van der Waals surface area contributed by atoms with E-state index in [2.05, 4.69) is 20.9 Å². The second-order valence-corrected chi connectivity index (χ2v) is 3.45. The van der Waals surface area contributed by atoms with E-state index in [4.69, 9.17) is 5.11 Å². The van der Waals surface area contributed by atoms with Crippen LogP contribution < -0.4 is 0 Å². The normalized spacial score (nSPS) is 9.31. The third-order valence-corrected chi connectivity index (χ3v) is 2.25. The summed E-state index contributed by atoms with van der Waals surface area (Å²) in [5, 5.41) is 19.3. The number of aliphatic imine (C=N–C) groups is 1. The summed E-state index contributed by atoms with van der Waals surface area (Å²) in [6.45, 7) is 0. The number of aromatic carboxylic acids is 1. The van der Waals surface area contributed by atoms with Gasteiger partial charge in [-0.15, -0.1) is 0 Å². The number of carboxylic acids is 1. The molecule has 82 valence electrons. The monoisotopic (exact) mass is 286 g/mol. The van der Waals surface area contributed by atoms with E-state index in [-0.39, 0.29) is 15.7 Å². The molecule has 0 aromatic heterocycles. The van der Waals surface area contributed by atoms with Crippen molar-refractivity contribution in [2.75, 3.05) is 0 Å². The Labute approximate surface area is 96.7 Å². The minimum atomic E-state index is -1.31. The quantitative estimate of drug-likeness (QED) is 0.396. The first-order valence-corrected chi connectivity index (χ1v) is 4.55. The van der Waals surface area contributed by atoms with Crippen LogP contribution in [0.5, 0.6) is 0 Å². The highest BCUT2D eigenvalue weighted by molar-refractivity contribution is 9.10. The summed E-state index contributed by atoms with van der Waals surface area (Å²) in [5.74, 6) is -1.31. The summed E-state index contributed by atoms with van der Waals surface area (Å²) in [6.07, 6.45) is 1.16. The molecule has 1 aromatic carbocycles. The van der Waals surface area contributed by atoms with Crippen molar-refractivity contribution in [1.82, 2.24) is 0 Å². The van der Waals surface area contributed by atoms with Gasteiger partial charge in [-0.25, -0.2) is 9.59 Å². The van der Waals surface area contributed by atoms with Crippen molar-refractivity contribution >= 4 is 39.4 Å². The lowest BCUT2D eigenvalue weighted by Crippen LogP contribution is -1.99. The molecule has 0 spiro atoms. The van der Waals surface area contributed by atoms with E-state index >= 15 is 0 Å². The highest BCUT2D eigenvalue weighted by Crippen LogP contribution is 2.36. The van der Waals surface area contributed by atoms with Gasteiger partial charge in [0.15, 0.2) is 5.69 Å². The first kappa shape index (κ1) is 12.0. The van der Waals surface area contributed by atoms with Crippen LogP contribution in [-0.4, -0.2) is 22.1 Å². The largest absolute Gasteiger partial charge is 0.478 e. The van der Waals surface area contributed by atoms with Crippen LogP contribution in [0.25, 0.3) is 0 Å². The molecule has 0 bridgehead atoms. The Balaban J connectivity index is 3.57. The Bertz CT molecular complexity index is 521. The number of carbonyl (C=O) groups is 1. The van der Waals surface area contributed by atoms with Crippen LogP contribution in [0, 0.1) is 10.1 Å². The summed E-state index contributed by atoms with van der Waals surface area (Å²) < 4.78 is 0.0439. The Morgan fingerprint density at radius 2 is 2.19 bits per heavy atom. The lowest BCUT2D eigenvalue weighted by atomic mass is 10.2. The van der Waals surface area contributed by atoms with Gasteiger partial charge in [0.25, 0.3) is 5.69 Å². The molecule has 0 aliphatic rings. The average molecular weight is 287 g/mol. The summed E-state index contributed by atoms with van der Waals surface area (Å²) in [6, 6.07) is 1.94. The molecule has 0 heterocycles. The minimum absolute atomic E-state index is 0.0439. The predicted molar refractivity (Wildman–Crippen MR) is 55.5 cm³/mol. The Hall–Kier alpha value is -2.05. The third-order valence-electron chi connectivity index (χ3n) is 1.64. The number of rotatable bonds is 3. The van der Waals surface area contributed by atoms with Gasteiger partial charge >= 0.3 is 5.97 Å². The molecule has 0 saturated heterocycles. The maximum Gasteiger partial charge on any atom is 0.335 e. The zero-order chi connectivity index (χ0) is 12.3. The zero-order valence-electron chi connectivity index (χ0n) is 7.51. The number of carbonyl (C=O) groups excluding carboxylic acids is 1. The van der Waals surface area contributed by atoms with Crippen LogP contribution in [-0.2, 0) is 4.79 Å². The molecule has 0 aliphatic heterocycles. The lowest BCUT2D eigenvalue weighted by molar-refractivity contribution is -0.384. The van der Waals surface area contributed by atoms with Crippen LogP contribution in [0.15, 0.2) is 21.6 Å². The minimum Gasteiger partial charge on any atom is -0.478 e. The van der Waals surface area contributed by atoms with Crippen LogP contribution in [0.4, 0.5) is 11.4 Å². The first-order valence-electron chi connectivity index (χ1n) is 3.76. The summed E-state index contributed by atoms with van der Waals surface area (Å²) in [4.78, 5) is 33.7. The number of carboxylic acid groups (broad SMARTS) is 1. The van der Waals surface area contributed by atoms with Gasteiger partial charge in [0, 0.05) is 6.07 Å². The zero-order valence-corrected chi connectivity index (χ0v) is 9.09. The third kappa shape index (κ3) is 2.30. The Morgan fingerprint density at radius 3 is 2.62 bits per heavy atom. The number of hydrogen-bond acceptors (Lipinski definition) is 5. The Morgan fingerprint density at radius 1 is 1.56 bits per heavy atom. The van der Waals surface area contributed by atoms with Gasteiger partial charge in [0.1, 0.15) is 0 Å². The molecule has 0 amide bonds. The highest BCUT2D eigenvalue weighted by atomic mass is 79.9. The maximum atomic E-state index is 10.6. The SMILES string of the molecule is O=C=Nc1c(Br)cc(C(=O)O)cc1[N+](=O)[O-]. The average Bonchev–Trinajstić information content (AvgIpc) is 2.20. The molecular weight excluding hydrogens is 284 g/mol. The number of halogens is 1. The van der Waals surface area contributed by atoms with Gasteiger partial charge in [-0.05, 0) is 22.0 Å². The number of benzene rings is 1. The molecule has 16 heavy (non-hydrogen) atoms. The smallest absolute Gasteiger partial charge is 0.335 e. The summed E-state index contributed by atoms with van der Waals surface area (Å²) in [7, 11) is 0. The van der Waals surface area contributed by atoms with E-state index < -0.39 is 16.6 Å². The molecule has 0 saturated carbocycles. The van der Waals surface area contributed by atoms with E-state index in [0.29, 0.717) is 0 Å². The van der Waals surface area contributed by atoms with Crippen molar-refractivity contribution in [1.29, 1.82) is 0 Å². The van der Waals surface area contributed by atoms with E-state index in [1.54, 1.807) is 0 Å². The van der Waals surface area contributed by atoms with E-state index in [0.717, 1.165) is 18.2 Å². The van der Waals surface area contributed by atoms with Crippen LogP contribution in [0.3, 0.4) is 0 Å². The first-order chi connectivity index (χ1) is 7.47. The second-order valence-electron chi connectivity index (χ2n) is 2.59. The standard InChI is InChI=1S/C8H3BrN2O5/c9-5-1-4(8(13)14)2-6(11(15)16)7(5)10-3-12/h1-2H,(H,13,14). The van der Waals surface area contributed by atoms with Crippen molar-refractivity contribution in [2.45, 2.75) is 0 Å². The van der Waals surface area contributed by atoms with E-state index in [9.17, 15) is 19.7 Å². The van der Waals surface area contributed by atoms with Crippen molar-refractivity contribution in [3.05, 3.63) is 32.3 Å². The highest BCUT2D eigenvalue weighted by Gasteiger charge is 2.20. The molecule has 1 aromatic rings. The molecule has 8 heteroatoms. The molecule has 1 N–H and O–H groups in total. The van der Waals surface area contributed by atoms with Gasteiger partial charge in [-0.3, -0.25) is 10.1 Å². The maximum absolute atomic E-state index is 10.6. The molecule has 7 nitrogen and oxygen atoms in total. The van der Waals surface area contributed by atoms with Crippen molar-refractivity contribution in [3.63, 3.8) is 0 Å². The molecule has 0 fully saturated rings. The predicted octanol–water partition coefficient (Wildman–Crippen LogP) is 2.02. The van der Waals surface area contributed by atoms with Crippen molar-refractivity contribution in [2.24, 2.45) is 4.99 Å². The molecule has 0 atom stereocenters. The molecular formula is C8H3BrN2O5. The van der Waals surface area contributed by atoms with Crippen LogP contribution in [0.1, 0.15) is 10.4 Å². The van der Waals surface area contributed by atoms with E-state index in [1.807, 2.05) is 0 Å². The Kier molecular flexibility index (Phi) is 3.49. The molecule has 1 rings (SSSR count).